The number of anilines is 1. The third-order valence-electron chi connectivity index (χ3n) is 5.16. The number of carbonyl (C=O) groups is 2. The maximum atomic E-state index is 12.6. The minimum absolute atomic E-state index is 0.0277. The molecule has 7 nitrogen and oxygen atoms in total. The van der Waals surface area contributed by atoms with Crippen LogP contribution >= 0.6 is 23.8 Å². The summed E-state index contributed by atoms with van der Waals surface area (Å²) in [7, 11) is 1.62. The van der Waals surface area contributed by atoms with E-state index in [1.807, 2.05) is 47.0 Å². The molecular weight excluding hydrogens is 458 g/mol. The predicted octanol–water partition coefficient (Wildman–Crippen LogP) is 5.02. The molecule has 3 aromatic rings. The highest BCUT2D eigenvalue weighted by Crippen LogP contribution is 2.21. The van der Waals surface area contributed by atoms with Gasteiger partial charge in [0.2, 0.25) is 11.8 Å². The molecule has 2 amide bonds. The van der Waals surface area contributed by atoms with E-state index in [2.05, 4.69) is 12.2 Å². The lowest BCUT2D eigenvalue weighted by Crippen LogP contribution is -2.35. The van der Waals surface area contributed by atoms with Crippen molar-refractivity contribution in [2.24, 2.45) is 0 Å². The molecule has 2 aromatic carbocycles. The molecular formula is C24H28ClN5O2S. The van der Waals surface area contributed by atoms with Gasteiger partial charge in [-0.15, -0.1) is 0 Å². The Morgan fingerprint density at radius 1 is 1.09 bits per heavy atom. The summed E-state index contributed by atoms with van der Waals surface area (Å²) in [5.74, 6) is 0.354. The second-order valence-corrected chi connectivity index (χ2v) is 8.56. The zero-order valence-corrected chi connectivity index (χ0v) is 20.4. The number of para-hydroxylation sites is 1. The lowest BCUT2D eigenvalue weighted by atomic mass is 10.2. The highest BCUT2D eigenvalue weighted by atomic mass is 35.5. The number of carbonyl (C=O) groups excluding carboxylic acids is 2. The Labute approximate surface area is 204 Å². The predicted molar refractivity (Wildman–Crippen MR) is 134 cm³/mol. The summed E-state index contributed by atoms with van der Waals surface area (Å²) < 4.78 is 4.26. The quantitative estimate of drug-likeness (QED) is 0.409. The summed E-state index contributed by atoms with van der Waals surface area (Å²) in [6, 6.07) is 16.6. The average Bonchev–Trinajstić information content (AvgIpc) is 3.12. The summed E-state index contributed by atoms with van der Waals surface area (Å²) >= 11 is 11.7. The van der Waals surface area contributed by atoms with E-state index in [9.17, 15) is 9.59 Å². The fourth-order valence-electron chi connectivity index (χ4n) is 3.33. The van der Waals surface area contributed by atoms with E-state index < -0.39 is 0 Å². The molecule has 174 valence electrons. The number of nitrogens with one attached hydrogen (secondary N) is 1. The molecule has 0 bridgehead atoms. The second kappa shape index (κ2) is 11.8. The Balaban J connectivity index is 1.66. The highest BCUT2D eigenvalue weighted by molar-refractivity contribution is 7.71. The van der Waals surface area contributed by atoms with Crippen LogP contribution in [0, 0.1) is 4.77 Å². The van der Waals surface area contributed by atoms with Crippen LogP contribution in [0.5, 0.6) is 0 Å². The van der Waals surface area contributed by atoms with Gasteiger partial charge in [-0.1, -0.05) is 43.1 Å². The monoisotopic (exact) mass is 485 g/mol. The number of aryl methyl sites for hydroxylation is 1. The summed E-state index contributed by atoms with van der Waals surface area (Å²) in [6.07, 6.45) is 2.19. The molecule has 0 saturated heterocycles. The van der Waals surface area contributed by atoms with Crippen molar-refractivity contribution in [2.75, 3.05) is 18.9 Å². The Hall–Kier alpha value is -2.97. The van der Waals surface area contributed by atoms with E-state index in [0.717, 1.165) is 30.8 Å². The van der Waals surface area contributed by atoms with E-state index >= 15 is 0 Å². The van der Waals surface area contributed by atoms with E-state index in [1.165, 1.54) is 4.90 Å². The molecule has 33 heavy (non-hydrogen) atoms. The smallest absolute Gasteiger partial charge is 0.243 e. The van der Waals surface area contributed by atoms with Gasteiger partial charge in [0.1, 0.15) is 0 Å². The first-order chi connectivity index (χ1) is 15.9. The van der Waals surface area contributed by atoms with Gasteiger partial charge in [-0.2, -0.15) is 5.10 Å². The molecule has 0 fully saturated rings. The van der Waals surface area contributed by atoms with Gasteiger partial charge in [-0.3, -0.25) is 14.2 Å². The van der Waals surface area contributed by atoms with Crippen LogP contribution in [0.2, 0.25) is 5.02 Å². The van der Waals surface area contributed by atoms with Gasteiger partial charge in [0.25, 0.3) is 0 Å². The molecule has 9 heteroatoms. The molecule has 1 N–H and O–H groups in total. The topological polar surface area (TPSA) is 72.2 Å². The first kappa shape index (κ1) is 24.7. The number of unbranched alkanes of at least 4 members (excludes halogenated alkanes) is 1. The fraction of sp³-hybridized carbons (Fsp3) is 0.333. The van der Waals surface area contributed by atoms with E-state index in [1.54, 1.807) is 23.9 Å². The summed E-state index contributed by atoms with van der Waals surface area (Å²) in [4.78, 5) is 26.3. The number of hydrogen-bond donors (Lipinski definition) is 1. The van der Waals surface area contributed by atoms with Crippen molar-refractivity contribution in [3.05, 3.63) is 64.4 Å². The minimum atomic E-state index is -0.248. The zero-order chi connectivity index (χ0) is 23.8. The van der Waals surface area contributed by atoms with Crippen LogP contribution < -0.4 is 5.32 Å². The molecule has 3 rings (SSSR count). The number of likely N-dealkylation sites (N-methyl/N-ethyl adjacent to an activating group) is 1. The second-order valence-electron chi connectivity index (χ2n) is 7.76. The van der Waals surface area contributed by atoms with Crippen molar-refractivity contribution in [3.63, 3.8) is 0 Å². The van der Waals surface area contributed by atoms with Crippen LogP contribution in [0.15, 0.2) is 54.6 Å². The van der Waals surface area contributed by atoms with Gasteiger partial charge in [-0.25, -0.2) is 4.68 Å². The van der Waals surface area contributed by atoms with Crippen LogP contribution in [-0.2, 0) is 22.7 Å². The van der Waals surface area contributed by atoms with Crippen molar-refractivity contribution in [2.45, 2.75) is 39.3 Å². The molecule has 0 aliphatic heterocycles. The number of halogens is 1. The number of nitrogens with zero attached hydrogens (tertiary/aromatic N) is 4. The lowest BCUT2D eigenvalue weighted by Gasteiger charge is -2.16. The van der Waals surface area contributed by atoms with Crippen LogP contribution in [0.4, 0.5) is 5.69 Å². The summed E-state index contributed by atoms with van der Waals surface area (Å²) in [5.41, 5.74) is 1.61. The van der Waals surface area contributed by atoms with Crippen molar-refractivity contribution in [3.8, 4) is 11.4 Å². The van der Waals surface area contributed by atoms with Crippen molar-refractivity contribution in [1.82, 2.24) is 19.2 Å². The molecule has 1 aromatic heterocycles. The fourth-order valence-corrected chi connectivity index (χ4v) is 3.77. The number of hydrogen-bond acceptors (Lipinski definition) is 4. The third kappa shape index (κ3) is 6.76. The maximum Gasteiger partial charge on any atom is 0.243 e. The number of benzene rings is 2. The van der Waals surface area contributed by atoms with Gasteiger partial charge < -0.3 is 10.2 Å². The highest BCUT2D eigenvalue weighted by Gasteiger charge is 2.16. The van der Waals surface area contributed by atoms with Gasteiger partial charge in [0.05, 0.1) is 13.1 Å². The Morgan fingerprint density at radius 3 is 2.45 bits per heavy atom. The Bertz CT molecular complexity index is 1140. The first-order valence-electron chi connectivity index (χ1n) is 10.9. The molecule has 1 heterocycles. The molecule has 0 unspecified atom stereocenters. The van der Waals surface area contributed by atoms with E-state index in [4.69, 9.17) is 28.9 Å². The SMILES string of the molecule is CCCCn1c(-c2ccc(Cl)cc2)nn(CCC(=O)N(C)CC(=O)Nc2ccccc2)c1=S. The van der Waals surface area contributed by atoms with Gasteiger partial charge in [0, 0.05) is 36.3 Å². The normalized spacial score (nSPS) is 10.8. The number of amides is 2. The molecule has 0 radical (unpaired) electrons. The van der Waals surface area contributed by atoms with Gasteiger partial charge >= 0.3 is 0 Å². The molecule has 0 spiro atoms. The number of aromatic nitrogens is 3. The summed E-state index contributed by atoms with van der Waals surface area (Å²) in [6.45, 7) is 3.18. The van der Waals surface area contributed by atoms with Gasteiger partial charge in [-0.05, 0) is 55.0 Å². The van der Waals surface area contributed by atoms with E-state index in [0.29, 0.717) is 22.0 Å². The van der Waals surface area contributed by atoms with Crippen LogP contribution in [0.1, 0.15) is 26.2 Å². The molecule has 0 aliphatic rings. The van der Waals surface area contributed by atoms with Crippen molar-refractivity contribution >= 4 is 41.3 Å². The third-order valence-corrected chi connectivity index (χ3v) is 5.85. The van der Waals surface area contributed by atoms with E-state index in [-0.39, 0.29) is 24.8 Å². The number of rotatable bonds is 10. The van der Waals surface area contributed by atoms with Crippen LogP contribution in [-0.4, -0.2) is 44.7 Å². The first-order valence-corrected chi connectivity index (χ1v) is 11.7. The molecule has 0 atom stereocenters. The Kier molecular flexibility index (Phi) is 8.79. The largest absolute Gasteiger partial charge is 0.336 e. The van der Waals surface area contributed by atoms with Crippen molar-refractivity contribution < 1.29 is 9.59 Å². The van der Waals surface area contributed by atoms with Crippen LogP contribution in [0.25, 0.3) is 11.4 Å². The maximum absolute atomic E-state index is 12.6. The van der Waals surface area contributed by atoms with Crippen molar-refractivity contribution in [1.29, 1.82) is 0 Å². The van der Waals surface area contributed by atoms with Gasteiger partial charge in [0.15, 0.2) is 10.6 Å². The lowest BCUT2D eigenvalue weighted by molar-refractivity contribution is -0.133. The molecule has 0 saturated carbocycles. The van der Waals surface area contributed by atoms with Crippen LogP contribution in [0.3, 0.4) is 0 Å². The molecule has 0 aliphatic carbocycles. The minimum Gasteiger partial charge on any atom is -0.336 e. The zero-order valence-electron chi connectivity index (χ0n) is 18.8. The summed E-state index contributed by atoms with van der Waals surface area (Å²) in [5, 5.41) is 8.13. The Morgan fingerprint density at radius 2 is 1.79 bits per heavy atom. The standard InChI is InChI=1S/C24H28ClN5O2S/c1-3-4-15-29-23(18-10-12-19(25)13-11-18)27-30(24(29)33)16-14-22(32)28(2)17-21(31)26-20-8-6-5-7-9-20/h5-13H,3-4,14-17H2,1-2H3,(H,26,31). The average molecular weight is 486 g/mol.